The van der Waals surface area contributed by atoms with Crippen LogP contribution in [0.3, 0.4) is 0 Å². The summed E-state index contributed by atoms with van der Waals surface area (Å²) in [6.45, 7) is 0.558. The maximum Gasteiger partial charge on any atom is 0.433 e. The number of aromatic carboxylic acids is 1. The largest absolute Gasteiger partial charge is 0.491 e. The number of aromatic nitrogens is 1. The highest BCUT2D eigenvalue weighted by molar-refractivity contribution is 5.88. The normalized spacial score (nSPS) is 19.4. The number of halogens is 4. The molecule has 0 radical (unpaired) electrons. The topological polar surface area (TPSA) is 118 Å². The zero-order valence-electron chi connectivity index (χ0n) is 19.1. The van der Waals surface area contributed by atoms with Gasteiger partial charge in [0.2, 0.25) is 0 Å². The zero-order valence-corrected chi connectivity index (χ0v) is 19.1. The lowest BCUT2D eigenvalue weighted by molar-refractivity contribution is -0.144. The summed E-state index contributed by atoms with van der Waals surface area (Å²) in [7, 11) is 0. The number of pyridine rings is 1. The first kappa shape index (κ1) is 27.8. The predicted molar refractivity (Wildman–Crippen MR) is 122 cm³/mol. The van der Waals surface area contributed by atoms with E-state index in [0.29, 0.717) is 18.8 Å². The fraction of sp³-hybridized carbons (Fsp3) is 0.280. The lowest BCUT2D eigenvalue weighted by Gasteiger charge is -2.31. The van der Waals surface area contributed by atoms with E-state index < -0.39 is 42.0 Å². The van der Waals surface area contributed by atoms with E-state index in [-0.39, 0.29) is 12.2 Å². The molecule has 37 heavy (non-hydrogen) atoms. The second-order valence-corrected chi connectivity index (χ2v) is 7.91. The van der Waals surface area contributed by atoms with Crippen molar-refractivity contribution in [2.24, 2.45) is 0 Å². The molecule has 8 nitrogen and oxygen atoms in total. The minimum absolute atomic E-state index is 0.158. The first-order valence-corrected chi connectivity index (χ1v) is 11.0. The number of carboxylic acids is 1. The van der Waals surface area contributed by atoms with Crippen molar-refractivity contribution < 1.29 is 52.2 Å². The number of aliphatic hydroxyl groups excluding tert-OH is 2. The van der Waals surface area contributed by atoms with Crippen LogP contribution in [0.4, 0.5) is 17.7 Å². The summed E-state index contributed by atoms with van der Waals surface area (Å²) in [5.74, 6) is -1.03. The number of alkyl halides is 3. The van der Waals surface area contributed by atoms with Crippen molar-refractivity contribution in [1.29, 1.82) is 0 Å². The summed E-state index contributed by atoms with van der Waals surface area (Å²) in [6, 6.07) is 16.7. The molecular formula is C25H23F4NO7. The molecule has 1 aliphatic heterocycles. The molecule has 0 spiro atoms. The van der Waals surface area contributed by atoms with Crippen LogP contribution in [-0.4, -0.2) is 57.8 Å². The van der Waals surface area contributed by atoms with Gasteiger partial charge in [0, 0.05) is 17.2 Å². The lowest BCUT2D eigenvalue weighted by atomic mass is 10.0. The molecule has 1 saturated heterocycles. The van der Waals surface area contributed by atoms with E-state index in [1.165, 1.54) is 0 Å². The van der Waals surface area contributed by atoms with Crippen molar-refractivity contribution in [2.45, 2.75) is 30.9 Å². The third-order valence-corrected chi connectivity index (χ3v) is 5.35. The Labute approximate surface area is 208 Å². The van der Waals surface area contributed by atoms with Crippen LogP contribution < -0.4 is 9.68 Å². The van der Waals surface area contributed by atoms with E-state index >= 15 is 0 Å². The van der Waals surface area contributed by atoms with Gasteiger partial charge >= 0.3 is 12.1 Å². The average molecular weight is 525 g/mol. The van der Waals surface area contributed by atoms with E-state index in [1.54, 1.807) is 36.4 Å². The highest BCUT2D eigenvalue weighted by Gasteiger charge is 2.33. The number of rotatable bonds is 6. The fourth-order valence-corrected chi connectivity index (χ4v) is 3.35. The van der Waals surface area contributed by atoms with Gasteiger partial charge in [-0.1, -0.05) is 30.3 Å². The molecule has 0 amide bonds. The van der Waals surface area contributed by atoms with Crippen molar-refractivity contribution in [2.75, 3.05) is 13.2 Å². The van der Waals surface area contributed by atoms with Gasteiger partial charge in [-0.3, -0.25) is 4.94 Å². The monoisotopic (exact) mass is 525 g/mol. The minimum Gasteiger partial charge on any atom is -0.491 e. The molecule has 1 aliphatic rings. The Morgan fingerprint density at radius 2 is 1.62 bits per heavy atom. The molecule has 2 heterocycles. The summed E-state index contributed by atoms with van der Waals surface area (Å²) >= 11 is 0. The number of hydrogen-bond donors (Lipinski definition) is 3. The third kappa shape index (κ3) is 7.87. The Bertz CT molecular complexity index is 1160. The second kappa shape index (κ2) is 12.5. The molecule has 0 saturated carbocycles. The highest BCUT2D eigenvalue weighted by Crippen LogP contribution is 2.28. The quantitative estimate of drug-likeness (QED) is 0.408. The summed E-state index contributed by atoms with van der Waals surface area (Å²) in [6.07, 6.45) is -6.42. The van der Waals surface area contributed by atoms with Crippen LogP contribution in [0.2, 0.25) is 0 Å². The number of carboxylic acid groups (broad SMARTS) is 1. The van der Waals surface area contributed by atoms with Crippen LogP contribution in [0, 0.1) is 0 Å². The van der Waals surface area contributed by atoms with Crippen LogP contribution in [0.25, 0.3) is 11.1 Å². The van der Waals surface area contributed by atoms with Gasteiger partial charge in [-0.2, -0.15) is 13.2 Å². The maximum absolute atomic E-state index is 11.9. The van der Waals surface area contributed by atoms with Gasteiger partial charge < -0.3 is 24.8 Å². The Morgan fingerprint density at radius 1 is 1.00 bits per heavy atom. The fourth-order valence-electron chi connectivity index (χ4n) is 3.35. The van der Waals surface area contributed by atoms with Crippen molar-refractivity contribution in [1.82, 2.24) is 4.98 Å². The molecule has 4 rings (SSSR count). The molecule has 12 heteroatoms. The number of nitrogens with zero attached hydrogens (tertiary/aromatic N) is 1. The smallest absolute Gasteiger partial charge is 0.433 e. The van der Waals surface area contributed by atoms with Crippen molar-refractivity contribution in [3.8, 4) is 22.8 Å². The van der Waals surface area contributed by atoms with Crippen LogP contribution in [-0.2, 0) is 10.9 Å². The first-order valence-electron chi connectivity index (χ1n) is 11.0. The standard InChI is InChI=1S/C19H20O6.C6H3F4NO/c20-16-9-10-24-17(18(16)21)11-25-15-7-5-13(6-8-15)12-1-3-14(4-2-12)19(22)23;7-6(8,9)4-2-1-3-5(11-4)12-10/h1-8,16-18,20-21H,9-11H2,(H,22,23);1-3H. The first-order chi connectivity index (χ1) is 17.6. The van der Waals surface area contributed by atoms with Gasteiger partial charge in [0.15, 0.2) is 0 Å². The molecular weight excluding hydrogens is 502 g/mol. The summed E-state index contributed by atoms with van der Waals surface area (Å²) in [4.78, 5) is 16.8. The Balaban J connectivity index is 0.000000266. The summed E-state index contributed by atoms with van der Waals surface area (Å²) in [5, 5.41) is 28.4. The maximum atomic E-state index is 11.9. The molecule has 3 atom stereocenters. The average Bonchev–Trinajstić information content (AvgIpc) is 2.90. The molecule has 2 aromatic carbocycles. The van der Waals surface area contributed by atoms with E-state index in [4.69, 9.17) is 14.6 Å². The SMILES string of the molecule is FOc1cccc(C(F)(F)F)n1.O=C(O)c1ccc(-c2ccc(OCC3OCCC(O)C3O)cc2)cc1. The van der Waals surface area contributed by atoms with Crippen molar-refractivity contribution >= 4 is 5.97 Å². The Hall–Kier alpha value is -3.74. The van der Waals surface area contributed by atoms with Crippen LogP contribution in [0.5, 0.6) is 11.6 Å². The van der Waals surface area contributed by atoms with Crippen molar-refractivity contribution in [3.63, 3.8) is 0 Å². The molecule has 0 aliphatic carbocycles. The molecule has 1 aromatic heterocycles. The summed E-state index contributed by atoms with van der Waals surface area (Å²) in [5.41, 5.74) is 0.911. The van der Waals surface area contributed by atoms with Crippen LogP contribution in [0.15, 0.2) is 66.7 Å². The molecule has 198 valence electrons. The number of aliphatic hydroxyl groups is 2. The van der Waals surface area contributed by atoms with Gasteiger partial charge in [-0.25, -0.2) is 9.78 Å². The van der Waals surface area contributed by atoms with Gasteiger partial charge in [-0.05, 0) is 47.9 Å². The van der Waals surface area contributed by atoms with E-state index in [0.717, 1.165) is 29.3 Å². The van der Waals surface area contributed by atoms with Gasteiger partial charge in [0.25, 0.3) is 5.88 Å². The van der Waals surface area contributed by atoms with Gasteiger partial charge in [0.1, 0.15) is 30.3 Å². The lowest BCUT2D eigenvalue weighted by Crippen LogP contribution is -2.47. The van der Waals surface area contributed by atoms with E-state index in [9.17, 15) is 32.7 Å². The van der Waals surface area contributed by atoms with E-state index in [2.05, 4.69) is 9.93 Å². The van der Waals surface area contributed by atoms with Crippen LogP contribution >= 0.6 is 0 Å². The van der Waals surface area contributed by atoms with Crippen LogP contribution in [0.1, 0.15) is 22.5 Å². The predicted octanol–water partition coefficient (Wildman–Crippen LogP) is 4.31. The summed E-state index contributed by atoms with van der Waals surface area (Å²) < 4.78 is 58.0. The highest BCUT2D eigenvalue weighted by atomic mass is 19.4. The minimum atomic E-state index is -4.57. The number of hydrogen-bond acceptors (Lipinski definition) is 7. The molecule has 3 N–H and O–H groups in total. The molecule has 3 unspecified atom stereocenters. The van der Waals surface area contributed by atoms with Crippen molar-refractivity contribution in [3.05, 3.63) is 78.0 Å². The van der Waals surface area contributed by atoms with Gasteiger partial charge in [0.05, 0.1) is 11.7 Å². The Kier molecular flexibility index (Phi) is 9.39. The van der Waals surface area contributed by atoms with E-state index in [1.807, 2.05) is 12.1 Å². The molecule has 3 aromatic rings. The third-order valence-electron chi connectivity index (χ3n) is 5.35. The number of ether oxygens (including phenoxy) is 2. The second-order valence-electron chi connectivity index (χ2n) is 7.91. The van der Waals surface area contributed by atoms with Gasteiger partial charge in [-0.15, -0.1) is 0 Å². The molecule has 1 fully saturated rings. The zero-order chi connectivity index (χ0) is 27.0. The number of carbonyl (C=O) groups is 1. The Morgan fingerprint density at radius 3 is 2.19 bits per heavy atom. The molecule has 0 bridgehead atoms. The number of benzene rings is 2.